The van der Waals surface area contributed by atoms with E-state index in [1.165, 1.54) is 31.5 Å². The van der Waals surface area contributed by atoms with E-state index >= 15 is 0 Å². The number of nitrogens with one attached hydrogen (secondary N) is 1. The van der Waals surface area contributed by atoms with Crippen LogP contribution in [0.1, 0.15) is 35.7 Å². The van der Waals surface area contributed by atoms with Gasteiger partial charge < -0.3 is 10.2 Å². The Morgan fingerprint density at radius 3 is 2.68 bits per heavy atom. The van der Waals surface area contributed by atoms with E-state index in [-0.39, 0.29) is 5.91 Å². The molecule has 1 aliphatic rings. The molecule has 1 unspecified atom stereocenters. The lowest BCUT2D eigenvalue weighted by molar-refractivity contribution is 0.0951. The summed E-state index contributed by atoms with van der Waals surface area (Å²) in [6, 6.07) is 8.04. The van der Waals surface area contributed by atoms with Crippen molar-refractivity contribution in [1.29, 1.82) is 0 Å². The molecule has 0 spiro atoms. The van der Waals surface area contributed by atoms with Gasteiger partial charge in [0.2, 0.25) is 0 Å². The summed E-state index contributed by atoms with van der Waals surface area (Å²) in [5.41, 5.74) is 2.04. The first-order valence-electron chi connectivity index (χ1n) is 8.29. The van der Waals surface area contributed by atoms with Crippen molar-refractivity contribution >= 4 is 5.91 Å². The molecular weight excluding hydrogens is 274 g/mol. The van der Waals surface area contributed by atoms with Crippen LogP contribution in [0.5, 0.6) is 0 Å². The summed E-state index contributed by atoms with van der Waals surface area (Å²) in [5.74, 6) is 0.815. The third kappa shape index (κ3) is 5.43. The summed E-state index contributed by atoms with van der Waals surface area (Å²) < 4.78 is 0. The van der Waals surface area contributed by atoms with Gasteiger partial charge in [0.1, 0.15) is 0 Å². The zero-order valence-electron chi connectivity index (χ0n) is 14.1. The van der Waals surface area contributed by atoms with E-state index in [0.717, 1.165) is 24.6 Å². The van der Waals surface area contributed by atoms with Gasteiger partial charge >= 0.3 is 0 Å². The highest BCUT2D eigenvalue weighted by Gasteiger charge is 2.16. The van der Waals surface area contributed by atoms with Crippen LogP contribution in [0.15, 0.2) is 24.3 Å². The first-order valence-corrected chi connectivity index (χ1v) is 8.29. The summed E-state index contributed by atoms with van der Waals surface area (Å²) in [7, 11) is 4.00. The van der Waals surface area contributed by atoms with Crippen molar-refractivity contribution < 1.29 is 4.79 Å². The maximum Gasteiger partial charge on any atom is 0.251 e. The fourth-order valence-electron chi connectivity index (χ4n) is 2.95. The number of hydrogen-bond acceptors (Lipinski definition) is 3. The molecule has 1 N–H and O–H groups in total. The van der Waals surface area contributed by atoms with E-state index in [4.69, 9.17) is 0 Å². The highest BCUT2D eigenvalue weighted by atomic mass is 16.1. The van der Waals surface area contributed by atoms with E-state index in [2.05, 4.69) is 34.2 Å². The smallest absolute Gasteiger partial charge is 0.251 e. The van der Waals surface area contributed by atoms with Gasteiger partial charge in [0.25, 0.3) is 5.91 Å². The second kappa shape index (κ2) is 8.30. The number of carbonyl (C=O) groups excluding carboxylic acids is 1. The first kappa shape index (κ1) is 17.0. The third-order valence-electron chi connectivity index (χ3n) is 4.21. The summed E-state index contributed by atoms with van der Waals surface area (Å²) in [6.45, 7) is 7.24. The number of rotatable bonds is 6. The number of hydrogen-bond donors (Lipinski definition) is 1. The fourth-order valence-corrected chi connectivity index (χ4v) is 2.95. The molecule has 1 saturated heterocycles. The van der Waals surface area contributed by atoms with E-state index in [9.17, 15) is 4.79 Å². The molecule has 1 aromatic carbocycles. The Bertz CT molecular complexity index is 470. The van der Waals surface area contributed by atoms with Crippen LogP contribution in [0.4, 0.5) is 0 Å². The second-order valence-electron chi connectivity index (χ2n) is 6.74. The SMILES string of the molecule is CC1CCCN(Cc2ccc(C(=O)NCCN(C)C)cc2)C1. The van der Waals surface area contributed by atoms with E-state index < -0.39 is 0 Å². The van der Waals surface area contributed by atoms with Crippen molar-refractivity contribution in [3.8, 4) is 0 Å². The summed E-state index contributed by atoms with van der Waals surface area (Å²) in [6.07, 6.45) is 2.65. The first-order chi connectivity index (χ1) is 10.5. The van der Waals surface area contributed by atoms with Gasteiger partial charge in [-0.3, -0.25) is 9.69 Å². The van der Waals surface area contributed by atoms with Gasteiger partial charge in [-0.2, -0.15) is 0 Å². The number of nitrogens with zero attached hydrogens (tertiary/aromatic N) is 2. The predicted molar refractivity (Wildman–Crippen MR) is 91.0 cm³/mol. The van der Waals surface area contributed by atoms with Crippen molar-refractivity contribution in [3.05, 3.63) is 35.4 Å². The molecule has 0 radical (unpaired) electrons. The van der Waals surface area contributed by atoms with E-state index in [1.54, 1.807) is 0 Å². The molecule has 1 aromatic rings. The van der Waals surface area contributed by atoms with Gasteiger partial charge in [-0.05, 0) is 57.1 Å². The molecule has 2 rings (SSSR count). The zero-order valence-corrected chi connectivity index (χ0v) is 14.1. The summed E-state index contributed by atoms with van der Waals surface area (Å²) >= 11 is 0. The molecule has 0 aromatic heterocycles. The average Bonchev–Trinajstić information content (AvgIpc) is 2.47. The van der Waals surface area contributed by atoms with Gasteiger partial charge in [0.05, 0.1) is 0 Å². The standard InChI is InChI=1S/C18H29N3O/c1-15-5-4-11-21(13-15)14-16-6-8-17(9-7-16)18(22)19-10-12-20(2)3/h6-9,15H,4-5,10-14H2,1-3H3,(H,19,22). The molecule has 1 aliphatic heterocycles. The van der Waals surface area contributed by atoms with Crippen LogP contribution in [0.25, 0.3) is 0 Å². The number of amides is 1. The molecule has 1 heterocycles. The number of likely N-dealkylation sites (N-methyl/N-ethyl adjacent to an activating group) is 1. The number of benzene rings is 1. The Morgan fingerprint density at radius 2 is 2.05 bits per heavy atom. The van der Waals surface area contributed by atoms with Crippen molar-refractivity contribution in [1.82, 2.24) is 15.1 Å². The molecule has 4 heteroatoms. The molecule has 22 heavy (non-hydrogen) atoms. The van der Waals surface area contributed by atoms with Gasteiger partial charge in [-0.25, -0.2) is 0 Å². The highest BCUT2D eigenvalue weighted by molar-refractivity contribution is 5.94. The van der Waals surface area contributed by atoms with Gasteiger partial charge in [-0.1, -0.05) is 19.1 Å². The Hall–Kier alpha value is -1.39. The molecule has 1 fully saturated rings. The zero-order chi connectivity index (χ0) is 15.9. The van der Waals surface area contributed by atoms with Gasteiger partial charge in [0, 0.05) is 31.7 Å². The molecular formula is C18H29N3O. The van der Waals surface area contributed by atoms with Crippen LogP contribution < -0.4 is 5.32 Å². The van der Waals surface area contributed by atoms with Crippen molar-refractivity contribution in [2.75, 3.05) is 40.3 Å². The predicted octanol–water partition coefficient (Wildman–Crippen LogP) is 2.21. The monoisotopic (exact) mass is 303 g/mol. The quantitative estimate of drug-likeness (QED) is 0.875. The minimum absolute atomic E-state index is 0.0139. The number of carbonyl (C=O) groups is 1. The van der Waals surface area contributed by atoms with Crippen molar-refractivity contribution in [2.24, 2.45) is 5.92 Å². The lowest BCUT2D eigenvalue weighted by Crippen LogP contribution is -2.33. The number of piperidine rings is 1. The van der Waals surface area contributed by atoms with Gasteiger partial charge in [-0.15, -0.1) is 0 Å². The lowest BCUT2D eigenvalue weighted by Gasteiger charge is -2.30. The largest absolute Gasteiger partial charge is 0.351 e. The Balaban J connectivity index is 1.83. The molecule has 0 aliphatic carbocycles. The summed E-state index contributed by atoms with van der Waals surface area (Å²) in [5, 5.41) is 2.95. The van der Waals surface area contributed by atoms with Crippen LogP contribution in [0.2, 0.25) is 0 Å². The van der Waals surface area contributed by atoms with Crippen molar-refractivity contribution in [3.63, 3.8) is 0 Å². The van der Waals surface area contributed by atoms with Crippen LogP contribution >= 0.6 is 0 Å². The molecule has 1 atom stereocenters. The van der Waals surface area contributed by atoms with E-state index in [0.29, 0.717) is 6.54 Å². The van der Waals surface area contributed by atoms with Crippen LogP contribution in [0, 0.1) is 5.92 Å². The topological polar surface area (TPSA) is 35.6 Å². The van der Waals surface area contributed by atoms with Crippen LogP contribution in [-0.2, 0) is 6.54 Å². The average molecular weight is 303 g/mol. The third-order valence-corrected chi connectivity index (χ3v) is 4.21. The van der Waals surface area contributed by atoms with Crippen LogP contribution in [-0.4, -0.2) is 56.0 Å². The minimum atomic E-state index is 0.0139. The van der Waals surface area contributed by atoms with Crippen molar-refractivity contribution in [2.45, 2.75) is 26.3 Å². The highest BCUT2D eigenvalue weighted by Crippen LogP contribution is 2.18. The number of likely N-dealkylation sites (tertiary alicyclic amines) is 1. The Morgan fingerprint density at radius 1 is 1.32 bits per heavy atom. The molecule has 1 amide bonds. The Labute approximate surface area is 134 Å². The fraction of sp³-hybridized carbons (Fsp3) is 0.611. The normalized spacial score (nSPS) is 19.4. The molecule has 122 valence electrons. The lowest BCUT2D eigenvalue weighted by atomic mass is 9.99. The van der Waals surface area contributed by atoms with Crippen LogP contribution in [0.3, 0.4) is 0 Å². The molecule has 0 bridgehead atoms. The summed E-state index contributed by atoms with van der Waals surface area (Å²) in [4.78, 5) is 16.6. The Kier molecular flexibility index (Phi) is 6.40. The maximum atomic E-state index is 12.0. The maximum absolute atomic E-state index is 12.0. The van der Waals surface area contributed by atoms with E-state index in [1.807, 2.05) is 26.2 Å². The molecule has 4 nitrogen and oxygen atoms in total. The van der Waals surface area contributed by atoms with Gasteiger partial charge in [0.15, 0.2) is 0 Å². The minimum Gasteiger partial charge on any atom is -0.351 e. The second-order valence-corrected chi connectivity index (χ2v) is 6.74. The molecule has 0 saturated carbocycles.